The zero-order valence-electron chi connectivity index (χ0n) is 8.89. The minimum Gasteiger partial charge on any atom is -0.0845 e. The van der Waals surface area contributed by atoms with Gasteiger partial charge in [-0.1, -0.05) is 49.5 Å². The van der Waals surface area contributed by atoms with Crippen molar-refractivity contribution >= 4 is 0 Å². The Morgan fingerprint density at radius 3 is 2.46 bits per heavy atom. The molecule has 0 saturated carbocycles. The van der Waals surface area contributed by atoms with Crippen molar-refractivity contribution in [1.29, 1.82) is 0 Å². The third kappa shape index (κ3) is 5.68. The highest BCUT2D eigenvalue weighted by Gasteiger charge is 1.93. The maximum Gasteiger partial charge on any atom is -0.0320 e. The molecule has 0 aromatic carbocycles. The molecule has 0 saturated heterocycles. The second-order valence-electron chi connectivity index (χ2n) is 4.10. The number of allylic oxidation sites excluding steroid dienone is 4. The van der Waals surface area contributed by atoms with Gasteiger partial charge in [-0.15, -0.1) is 0 Å². The summed E-state index contributed by atoms with van der Waals surface area (Å²) in [7, 11) is 0. The first-order chi connectivity index (χ1) is 6.39. The fraction of sp³-hybridized carbons (Fsp3) is 0.692. The first-order valence-corrected chi connectivity index (χ1v) is 5.72. The van der Waals surface area contributed by atoms with Gasteiger partial charge in [0.25, 0.3) is 0 Å². The second-order valence-corrected chi connectivity index (χ2v) is 4.10. The van der Waals surface area contributed by atoms with Crippen LogP contribution in [-0.4, -0.2) is 0 Å². The Hall–Kier alpha value is -0.520. The van der Waals surface area contributed by atoms with Crippen LogP contribution in [0.5, 0.6) is 0 Å². The van der Waals surface area contributed by atoms with Gasteiger partial charge in [0.05, 0.1) is 0 Å². The third-order valence-electron chi connectivity index (χ3n) is 2.71. The van der Waals surface area contributed by atoms with Crippen LogP contribution in [0.3, 0.4) is 0 Å². The Morgan fingerprint density at radius 1 is 0.923 bits per heavy atom. The average molecular weight is 178 g/mol. The summed E-state index contributed by atoms with van der Waals surface area (Å²) < 4.78 is 0. The summed E-state index contributed by atoms with van der Waals surface area (Å²) in [6, 6.07) is 0. The van der Waals surface area contributed by atoms with E-state index in [0.717, 1.165) is 0 Å². The fourth-order valence-electron chi connectivity index (χ4n) is 1.79. The summed E-state index contributed by atoms with van der Waals surface area (Å²) in [6.07, 6.45) is 17.9. The highest BCUT2D eigenvalue weighted by atomic mass is 14.0. The minimum atomic E-state index is 1.27. The fourth-order valence-corrected chi connectivity index (χ4v) is 1.79. The van der Waals surface area contributed by atoms with E-state index in [-0.39, 0.29) is 0 Å². The normalized spacial score (nSPS) is 27.9. The SMILES string of the molecule is C/C1=C\C=C/CCCCCCCC1. The molecule has 0 heteroatoms. The lowest BCUT2D eigenvalue weighted by atomic mass is 10.0. The smallest absolute Gasteiger partial charge is 0.0320 e. The molecule has 0 nitrogen and oxygen atoms in total. The Kier molecular flexibility index (Phi) is 5.64. The van der Waals surface area contributed by atoms with Gasteiger partial charge >= 0.3 is 0 Å². The molecule has 0 fully saturated rings. The predicted octanol–water partition coefficient (Wildman–Crippen LogP) is 4.62. The minimum absolute atomic E-state index is 1.27. The van der Waals surface area contributed by atoms with E-state index in [2.05, 4.69) is 25.2 Å². The van der Waals surface area contributed by atoms with Crippen molar-refractivity contribution in [3.63, 3.8) is 0 Å². The van der Waals surface area contributed by atoms with E-state index in [1.807, 2.05) is 0 Å². The monoisotopic (exact) mass is 178 g/mol. The molecular weight excluding hydrogens is 156 g/mol. The van der Waals surface area contributed by atoms with Crippen LogP contribution in [0.25, 0.3) is 0 Å². The van der Waals surface area contributed by atoms with Crippen LogP contribution >= 0.6 is 0 Å². The van der Waals surface area contributed by atoms with Crippen LogP contribution in [-0.2, 0) is 0 Å². The molecule has 74 valence electrons. The topological polar surface area (TPSA) is 0 Å². The Labute approximate surface area is 82.7 Å². The van der Waals surface area contributed by atoms with Crippen LogP contribution in [0, 0.1) is 0 Å². The van der Waals surface area contributed by atoms with E-state index < -0.39 is 0 Å². The molecule has 0 aromatic heterocycles. The first-order valence-electron chi connectivity index (χ1n) is 5.72. The molecule has 0 radical (unpaired) electrons. The summed E-state index contributed by atoms with van der Waals surface area (Å²) in [6.45, 7) is 2.25. The Bertz CT molecular complexity index is 174. The van der Waals surface area contributed by atoms with Gasteiger partial charge < -0.3 is 0 Å². The number of rotatable bonds is 0. The zero-order valence-corrected chi connectivity index (χ0v) is 8.89. The molecular formula is C13H22. The van der Waals surface area contributed by atoms with Crippen molar-refractivity contribution in [2.45, 2.75) is 58.3 Å². The molecule has 1 rings (SSSR count). The van der Waals surface area contributed by atoms with Crippen LogP contribution in [0.2, 0.25) is 0 Å². The summed E-state index contributed by atoms with van der Waals surface area (Å²) in [4.78, 5) is 0. The lowest BCUT2D eigenvalue weighted by Crippen LogP contribution is -1.83. The van der Waals surface area contributed by atoms with Crippen molar-refractivity contribution in [2.75, 3.05) is 0 Å². The van der Waals surface area contributed by atoms with E-state index in [0.29, 0.717) is 0 Å². The summed E-state index contributed by atoms with van der Waals surface area (Å²) in [5.74, 6) is 0. The summed E-state index contributed by atoms with van der Waals surface area (Å²) >= 11 is 0. The van der Waals surface area contributed by atoms with E-state index in [9.17, 15) is 0 Å². The highest BCUT2D eigenvalue weighted by molar-refractivity contribution is 5.10. The average Bonchev–Trinajstić information content (AvgIpc) is 2.11. The number of hydrogen-bond donors (Lipinski definition) is 0. The van der Waals surface area contributed by atoms with Crippen molar-refractivity contribution in [1.82, 2.24) is 0 Å². The molecule has 1 aliphatic carbocycles. The second kappa shape index (κ2) is 6.94. The maximum absolute atomic E-state index is 2.31. The van der Waals surface area contributed by atoms with Gasteiger partial charge in [0.15, 0.2) is 0 Å². The predicted molar refractivity (Wildman–Crippen MR) is 59.8 cm³/mol. The molecule has 0 unspecified atom stereocenters. The number of hydrogen-bond acceptors (Lipinski definition) is 0. The van der Waals surface area contributed by atoms with Gasteiger partial charge in [0.1, 0.15) is 0 Å². The quantitative estimate of drug-likeness (QED) is 0.507. The molecule has 0 aliphatic heterocycles. The molecule has 0 N–H and O–H groups in total. The maximum atomic E-state index is 2.31. The largest absolute Gasteiger partial charge is 0.0845 e. The van der Waals surface area contributed by atoms with Crippen molar-refractivity contribution in [2.24, 2.45) is 0 Å². The molecule has 0 atom stereocenters. The van der Waals surface area contributed by atoms with Crippen molar-refractivity contribution in [3.05, 3.63) is 23.8 Å². The first kappa shape index (κ1) is 10.6. The summed E-state index contributed by atoms with van der Waals surface area (Å²) in [5, 5.41) is 0. The highest BCUT2D eigenvalue weighted by Crippen LogP contribution is 2.13. The summed E-state index contributed by atoms with van der Waals surface area (Å²) in [5.41, 5.74) is 1.54. The van der Waals surface area contributed by atoms with E-state index >= 15 is 0 Å². The van der Waals surface area contributed by atoms with E-state index in [1.165, 1.54) is 56.9 Å². The Balaban J connectivity index is 2.34. The molecule has 1 aliphatic rings. The molecule has 0 aromatic rings. The van der Waals surface area contributed by atoms with Gasteiger partial charge in [-0.25, -0.2) is 0 Å². The lowest BCUT2D eigenvalue weighted by molar-refractivity contribution is 0.595. The van der Waals surface area contributed by atoms with Crippen LogP contribution in [0.1, 0.15) is 58.3 Å². The third-order valence-corrected chi connectivity index (χ3v) is 2.71. The van der Waals surface area contributed by atoms with E-state index in [1.54, 1.807) is 0 Å². The zero-order chi connectivity index (χ0) is 9.36. The Morgan fingerprint density at radius 2 is 1.62 bits per heavy atom. The molecule has 0 bridgehead atoms. The van der Waals surface area contributed by atoms with Gasteiger partial charge in [0.2, 0.25) is 0 Å². The van der Waals surface area contributed by atoms with Crippen LogP contribution in [0.4, 0.5) is 0 Å². The van der Waals surface area contributed by atoms with Crippen molar-refractivity contribution < 1.29 is 0 Å². The van der Waals surface area contributed by atoms with Crippen LogP contribution < -0.4 is 0 Å². The van der Waals surface area contributed by atoms with Gasteiger partial charge in [-0.2, -0.15) is 0 Å². The van der Waals surface area contributed by atoms with Crippen molar-refractivity contribution in [3.8, 4) is 0 Å². The van der Waals surface area contributed by atoms with E-state index in [4.69, 9.17) is 0 Å². The lowest BCUT2D eigenvalue weighted by Gasteiger charge is -2.03. The van der Waals surface area contributed by atoms with Crippen LogP contribution in [0.15, 0.2) is 23.8 Å². The molecule has 0 amide bonds. The van der Waals surface area contributed by atoms with Gasteiger partial charge in [-0.3, -0.25) is 0 Å². The molecule has 13 heavy (non-hydrogen) atoms. The van der Waals surface area contributed by atoms with Gasteiger partial charge in [-0.05, 0) is 32.6 Å². The standard InChI is InChI=1S/C13H22/c1-13-11-9-7-5-3-2-4-6-8-10-12-13/h7,9,11H,2-6,8,10,12H2,1H3/b9-7-,13-11+. The molecule has 0 heterocycles. The molecule has 0 spiro atoms. The van der Waals surface area contributed by atoms with Gasteiger partial charge in [0, 0.05) is 0 Å².